The molecule has 14 heteroatoms. The van der Waals surface area contributed by atoms with E-state index in [9.17, 15) is 28.8 Å². The molecule has 0 aromatic heterocycles. The number of carbonyl (C=O) groups is 6. The first-order chi connectivity index (χ1) is 29.9. The molecule has 6 rings (SSSR count). The molecule has 4 N–H and O–H groups in total. The zero-order valence-corrected chi connectivity index (χ0v) is 37.0. The molecule has 0 unspecified atom stereocenters. The van der Waals surface area contributed by atoms with Crippen LogP contribution in [0.1, 0.15) is 74.6 Å². The molecule has 0 fully saturated rings. The molecule has 4 aromatic carbocycles. The summed E-state index contributed by atoms with van der Waals surface area (Å²) in [6.45, 7) is 7.12. The van der Waals surface area contributed by atoms with Crippen molar-refractivity contribution in [1.29, 1.82) is 0 Å². The van der Waals surface area contributed by atoms with E-state index in [0.29, 0.717) is 12.8 Å². The molecular weight excluding hydrogens is 825 g/mol. The quantitative estimate of drug-likeness (QED) is 0.0439. The second-order valence-corrected chi connectivity index (χ2v) is 16.6. The first-order valence-electron chi connectivity index (χ1n) is 21.1. The van der Waals surface area contributed by atoms with Crippen LogP contribution in [0, 0.1) is 11.8 Å². The Bertz CT molecular complexity index is 2050. The molecule has 4 amide bonds. The number of amides is 4. The van der Waals surface area contributed by atoms with Gasteiger partial charge in [0, 0.05) is 23.3 Å². The van der Waals surface area contributed by atoms with Gasteiger partial charge in [-0.05, 0) is 56.3 Å². The second-order valence-electron chi connectivity index (χ2n) is 15.9. The van der Waals surface area contributed by atoms with E-state index in [1.165, 1.54) is 0 Å². The summed E-state index contributed by atoms with van der Waals surface area (Å²) in [6.07, 6.45) is -0.842. The normalized spacial score (nSPS) is 15.5. The summed E-state index contributed by atoms with van der Waals surface area (Å²) in [7, 11) is 0. The van der Waals surface area contributed by atoms with Crippen molar-refractivity contribution < 1.29 is 38.2 Å². The highest BCUT2D eigenvalue weighted by Crippen LogP contribution is 2.45. The van der Waals surface area contributed by atoms with Gasteiger partial charge in [0.15, 0.2) is 0 Å². The maximum absolute atomic E-state index is 14.1. The van der Waals surface area contributed by atoms with Gasteiger partial charge in [-0.1, -0.05) is 138 Å². The second kappa shape index (κ2) is 21.0. The first-order valence-corrected chi connectivity index (χ1v) is 22.3. The summed E-state index contributed by atoms with van der Waals surface area (Å²) in [5, 5.41) is 10.5. The highest BCUT2D eigenvalue weighted by molar-refractivity contribution is 7.80. The van der Waals surface area contributed by atoms with Gasteiger partial charge in [-0.3, -0.25) is 19.2 Å². The van der Waals surface area contributed by atoms with Crippen LogP contribution in [-0.4, -0.2) is 84.5 Å². The highest BCUT2D eigenvalue weighted by atomic mass is 32.1. The van der Waals surface area contributed by atoms with E-state index >= 15 is 0 Å². The summed E-state index contributed by atoms with van der Waals surface area (Å²) in [5.74, 6) is -4.93. The van der Waals surface area contributed by atoms with Gasteiger partial charge >= 0.3 is 12.2 Å². The Kier molecular flexibility index (Phi) is 15.5. The van der Waals surface area contributed by atoms with E-state index in [1.54, 1.807) is 13.8 Å². The third-order valence-electron chi connectivity index (χ3n) is 12.1. The van der Waals surface area contributed by atoms with Crippen molar-refractivity contribution >= 4 is 60.8 Å². The van der Waals surface area contributed by atoms with Crippen molar-refractivity contribution in [3.8, 4) is 22.3 Å². The number of Topliss-reactive ketones (excluding diaryl/α,β-unsaturated/α-hetero) is 2. The van der Waals surface area contributed by atoms with Gasteiger partial charge in [0.25, 0.3) is 0 Å². The molecule has 0 radical (unpaired) electrons. The van der Waals surface area contributed by atoms with E-state index in [-0.39, 0.29) is 36.6 Å². The molecule has 4 aromatic rings. The molecule has 0 aliphatic heterocycles. The maximum Gasteiger partial charge on any atom is 0.407 e. The van der Waals surface area contributed by atoms with Gasteiger partial charge < -0.3 is 30.7 Å². The van der Waals surface area contributed by atoms with Crippen LogP contribution in [0.15, 0.2) is 97.1 Å². The van der Waals surface area contributed by atoms with Crippen LogP contribution in [0.5, 0.6) is 0 Å². The number of ketones is 2. The van der Waals surface area contributed by atoms with Crippen molar-refractivity contribution in [3.63, 3.8) is 0 Å². The molecule has 0 saturated heterocycles. The fourth-order valence-corrected chi connectivity index (χ4v) is 8.69. The van der Waals surface area contributed by atoms with E-state index in [1.807, 2.05) is 111 Å². The topological polar surface area (TPSA) is 169 Å². The van der Waals surface area contributed by atoms with E-state index in [2.05, 4.69) is 46.5 Å². The Hall–Kier alpha value is -5.60. The van der Waals surface area contributed by atoms with Gasteiger partial charge in [0.1, 0.15) is 25.3 Å². The predicted octanol–water partition coefficient (Wildman–Crippen LogP) is 6.86. The highest BCUT2D eigenvalue weighted by Gasteiger charge is 2.40. The molecule has 62 heavy (non-hydrogen) atoms. The van der Waals surface area contributed by atoms with Crippen molar-refractivity contribution in [1.82, 2.24) is 21.3 Å². The van der Waals surface area contributed by atoms with Crippen LogP contribution in [0.3, 0.4) is 0 Å². The van der Waals surface area contributed by atoms with Gasteiger partial charge in [-0.2, -0.15) is 25.3 Å². The van der Waals surface area contributed by atoms with E-state index in [0.717, 1.165) is 44.5 Å². The molecule has 12 nitrogen and oxygen atoms in total. The summed E-state index contributed by atoms with van der Waals surface area (Å²) in [6, 6.07) is 26.7. The number of alkyl carbamates (subject to hydrolysis) is 2. The number of nitrogens with one attached hydrogen (secondary N) is 4. The number of fused-ring (bicyclic) bond motifs is 6. The molecule has 0 spiro atoms. The van der Waals surface area contributed by atoms with Crippen LogP contribution in [-0.2, 0) is 28.7 Å². The van der Waals surface area contributed by atoms with Gasteiger partial charge in [-0.15, -0.1) is 0 Å². The van der Waals surface area contributed by atoms with Gasteiger partial charge in [0.2, 0.25) is 23.4 Å². The molecule has 0 heterocycles. The molecule has 0 bridgehead atoms. The third-order valence-corrected chi connectivity index (χ3v) is 12.8. The lowest BCUT2D eigenvalue weighted by molar-refractivity contribution is -0.142. The summed E-state index contributed by atoms with van der Waals surface area (Å²) in [4.78, 5) is 81.6. The number of rotatable bonds is 19. The Morgan fingerprint density at radius 2 is 0.790 bits per heavy atom. The minimum Gasteiger partial charge on any atom is -0.449 e. The summed E-state index contributed by atoms with van der Waals surface area (Å²) in [5.41, 5.74) is 8.41. The first kappa shape index (κ1) is 45.9. The monoisotopic (exact) mass is 878 g/mol. The van der Waals surface area contributed by atoms with Crippen molar-refractivity contribution in [2.24, 2.45) is 11.8 Å². The van der Waals surface area contributed by atoms with Crippen LogP contribution in [0.2, 0.25) is 0 Å². The van der Waals surface area contributed by atoms with Crippen LogP contribution in [0.25, 0.3) is 22.3 Å². The van der Waals surface area contributed by atoms with Gasteiger partial charge in [-0.25, -0.2) is 9.59 Å². The lowest BCUT2D eigenvalue weighted by Crippen LogP contribution is -2.59. The fraction of sp³-hybridized carbons (Fsp3) is 0.375. The minimum absolute atomic E-state index is 0.0290. The number of carbonyl (C=O) groups excluding carboxylic acids is 6. The Labute approximate surface area is 373 Å². The average Bonchev–Trinajstić information content (AvgIpc) is 3.80. The lowest BCUT2D eigenvalue weighted by atomic mass is 9.86. The molecule has 2 aliphatic rings. The van der Waals surface area contributed by atoms with E-state index in [4.69, 9.17) is 9.47 Å². The van der Waals surface area contributed by atoms with Crippen molar-refractivity contribution in [2.75, 3.05) is 24.7 Å². The smallest absolute Gasteiger partial charge is 0.407 e. The Morgan fingerprint density at radius 1 is 0.500 bits per heavy atom. The molecule has 6 atom stereocenters. The number of hydrogen-bond acceptors (Lipinski definition) is 10. The zero-order chi connectivity index (χ0) is 44.5. The molecule has 0 saturated carbocycles. The number of hydrogen-bond donors (Lipinski definition) is 6. The lowest BCUT2D eigenvalue weighted by Gasteiger charge is -2.29. The van der Waals surface area contributed by atoms with E-state index < -0.39 is 71.6 Å². The summed E-state index contributed by atoms with van der Waals surface area (Å²) >= 11 is 8.59. The molecule has 2 aliphatic carbocycles. The molecular formula is C48H54N4O8S2. The number of benzene rings is 4. The zero-order valence-electron chi connectivity index (χ0n) is 35.3. The summed E-state index contributed by atoms with van der Waals surface area (Å²) < 4.78 is 11.3. The SMILES string of the molecule is CC[C@H](C)[C@H](NC(=O)[C@H](CS)NC(=O)OCC1c2ccccc2-c2ccccc21)C(=O)C(=O)[C@@H](NC(=O)[C@H](CS)NC(=O)OCC1c2ccccc2-c2ccccc21)[C@@H](C)CC. The number of ether oxygens (including phenoxy) is 2. The maximum atomic E-state index is 14.1. The van der Waals surface area contributed by atoms with Crippen LogP contribution >= 0.6 is 25.3 Å². The number of thiol groups is 2. The minimum atomic E-state index is -1.28. The predicted molar refractivity (Wildman–Crippen MR) is 244 cm³/mol. The van der Waals surface area contributed by atoms with Gasteiger partial charge in [0.05, 0.1) is 12.1 Å². The standard InChI is InChI=1S/C48H54N4O8S2/c1-5-27(3)41(51-45(55)39(25-61)49-47(57)59-23-37-33-19-11-7-15-29(33)30-16-8-12-20-34(30)37)43(53)44(54)42(28(4)6-2)52-46(56)40(26-62)50-48(58)60-24-38-35-21-13-9-17-31(35)32-18-10-14-22-36(32)38/h7-22,27-28,37-42,61-62H,5-6,23-26H2,1-4H3,(H,49,57)(H,50,58)(H,51,55)(H,52,56)/t27-,28-,39-,40-,41-,42-/m0/s1. The van der Waals surface area contributed by atoms with Crippen LogP contribution in [0.4, 0.5) is 9.59 Å². The largest absolute Gasteiger partial charge is 0.449 e. The molecule has 326 valence electrons. The van der Waals surface area contributed by atoms with Crippen molar-refractivity contribution in [3.05, 3.63) is 119 Å². The third kappa shape index (κ3) is 10.0. The Balaban J connectivity index is 1.06. The van der Waals surface area contributed by atoms with Crippen LogP contribution < -0.4 is 21.3 Å². The van der Waals surface area contributed by atoms with Crippen molar-refractivity contribution in [2.45, 2.75) is 76.5 Å². The Morgan fingerprint density at radius 3 is 1.06 bits per heavy atom. The average molecular weight is 879 g/mol. The fourth-order valence-electron chi connectivity index (χ4n) is 8.17.